The fraction of sp³-hybridized carbons (Fsp3) is 0.163. The van der Waals surface area contributed by atoms with Gasteiger partial charge in [-0.3, -0.25) is 0 Å². The van der Waals surface area contributed by atoms with Crippen molar-refractivity contribution in [1.82, 2.24) is 0 Å². The maximum atomic E-state index is 14.1. The molecule has 8 rings (SSSR count). The second-order valence-corrected chi connectivity index (χ2v) is 17.3. The molecule has 51 heavy (non-hydrogen) atoms. The van der Waals surface area contributed by atoms with E-state index in [0.717, 1.165) is 73.7 Å². The van der Waals surface area contributed by atoms with Gasteiger partial charge in [0.1, 0.15) is 47.0 Å². The summed E-state index contributed by atoms with van der Waals surface area (Å²) in [6, 6.07) is 38.7. The Morgan fingerprint density at radius 1 is 0.412 bits per heavy atom. The zero-order valence-electron chi connectivity index (χ0n) is 27.6. The minimum Gasteiger partial charge on any atom is -0.489 e. The van der Waals surface area contributed by atoms with Crippen molar-refractivity contribution in [2.24, 2.45) is 0 Å². The first-order valence-corrected chi connectivity index (χ1v) is 19.8. The molecule has 0 aliphatic carbocycles. The lowest BCUT2D eigenvalue weighted by molar-refractivity contribution is 0.189. The first-order chi connectivity index (χ1) is 24.9. The molecule has 0 radical (unpaired) electrons. The minimum atomic E-state index is -1.21. The Morgan fingerprint density at radius 2 is 0.725 bits per heavy atom. The van der Waals surface area contributed by atoms with Crippen LogP contribution in [0.15, 0.2) is 133 Å². The van der Waals surface area contributed by atoms with Crippen LogP contribution in [-0.4, -0.2) is 12.2 Å². The fourth-order valence-electron chi connectivity index (χ4n) is 7.11. The van der Waals surface area contributed by atoms with Crippen LogP contribution in [-0.2, 0) is 12.8 Å². The van der Waals surface area contributed by atoms with Crippen molar-refractivity contribution in [3.05, 3.63) is 168 Å². The molecule has 0 N–H and O–H groups in total. The molecule has 0 saturated heterocycles. The molecule has 2 heterocycles. The van der Waals surface area contributed by atoms with Crippen LogP contribution in [0.5, 0.6) is 11.5 Å². The second-order valence-electron chi connectivity index (χ2n) is 12.9. The summed E-state index contributed by atoms with van der Waals surface area (Å²) < 4.78 is 70.8. The number of fused-ring (bicyclic) bond motifs is 6. The van der Waals surface area contributed by atoms with Gasteiger partial charge in [0.2, 0.25) is 0 Å². The van der Waals surface area contributed by atoms with E-state index in [4.69, 9.17) is 9.47 Å². The molecule has 2 aliphatic rings. The molecule has 0 fully saturated rings. The van der Waals surface area contributed by atoms with Crippen LogP contribution in [0.25, 0.3) is 0 Å². The molecule has 2 aliphatic heterocycles. The van der Waals surface area contributed by atoms with Crippen molar-refractivity contribution >= 4 is 47.7 Å². The Morgan fingerprint density at radius 3 is 1.04 bits per heavy atom. The van der Waals surface area contributed by atoms with Gasteiger partial charge in [0.25, 0.3) is 0 Å². The van der Waals surface area contributed by atoms with Gasteiger partial charge in [0.05, 0.1) is 0 Å². The van der Waals surface area contributed by atoms with Crippen LogP contribution in [0.3, 0.4) is 0 Å². The first kappa shape index (κ1) is 33.6. The fourth-order valence-corrected chi connectivity index (χ4v) is 11.9. The highest BCUT2D eigenvalue weighted by Gasteiger charge is 2.32. The minimum absolute atomic E-state index is 0.166. The lowest BCUT2D eigenvalue weighted by Gasteiger charge is -2.30. The predicted molar refractivity (Wildman–Crippen MR) is 200 cm³/mol. The van der Waals surface area contributed by atoms with E-state index in [-0.39, 0.29) is 35.5 Å². The van der Waals surface area contributed by atoms with E-state index in [2.05, 4.69) is 24.3 Å². The standard InChI is InChI=1S/C43H34F4O2P2/c44-30-10-18-36(19-11-30)50(37-20-12-31(45)13-21-37)40-8-1-4-28-26-34-6-3-7-35(48-42(28)40)27-29-5-2-9-41(43(29)49-34)51(38-22-14-32(46)15-23-38)39-24-16-33(47)17-25-39/h1-2,4-5,8-25,34-35H,3,6-7,26-27H2/t34-,35-/m1/s1. The van der Waals surface area contributed by atoms with E-state index in [1.165, 1.54) is 48.5 Å². The molecule has 0 spiro atoms. The van der Waals surface area contributed by atoms with Gasteiger partial charge in [-0.05, 0) is 116 Å². The molecule has 0 amide bonds. The van der Waals surface area contributed by atoms with Crippen molar-refractivity contribution in [1.29, 1.82) is 0 Å². The third kappa shape index (κ3) is 7.18. The van der Waals surface area contributed by atoms with Gasteiger partial charge in [-0.15, -0.1) is 0 Å². The van der Waals surface area contributed by atoms with Crippen molar-refractivity contribution in [2.75, 3.05) is 0 Å². The number of benzene rings is 6. The Labute approximate surface area is 297 Å². The molecular formula is C43H34F4O2P2. The lowest BCUT2D eigenvalue weighted by atomic mass is 10.0. The topological polar surface area (TPSA) is 18.5 Å². The number of rotatable bonds is 6. The van der Waals surface area contributed by atoms with Crippen molar-refractivity contribution in [2.45, 2.75) is 44.3 Å². The predicted octanol–water partition coefficient (Wildman–Crippen LogP) is 8.24. The second kappa shape index (κ2) is 14.6. The summed E-state index contributed by atoms with van der Waals surface area (Å²) in [6.07, 6.45) is 3.44. The van der Waals surface area contributed by atoms with Crippen molar-refractivity contribution < 1.29 is 27.0 Å². The third-order valence-corrected chi connectivity index (χ3v) is 14.4. The Balaban J connectivity index is 1.23. The molecule has 0 saturated carbocycles. The summed E-state index contributed by atoms with van der Waals surface area (Å²) in [6.45, 7) is 0. The van der Waals surface area contributed by atoms with E-state index in [0.29, 0.717) is 12.8 Å². The summed E-state index contributed by atoms with van der Waals surface area (Å²) in [5.74, 6) is 0.381. The van der Waals surface area contributed by atoms with Crippen LogP contribution in [0.4, 0.5) is 17.6 Å². The summed E-state index contributed by atoms with van der Waals surface area (Å²) >= 11 is 0. The average molecular weight is 721 g/mol. The van der Waals surface area contributed by atoms with E-state index < -0.39 is 15.8 Å². The molecule has 2 atom stereocenters. The van der Waals surface area contributed by atoms with Crippen LogP contribution in [0.2, 0.25) is 0 Å². The summed E-state index contributed by atoms with van der Waals surface area (Å²) in [5.41, 5.74) is 2.06. The van der Waals surface area contributed by atoms with Gasteiger partial charge in [-0.25, -0.2) is 17.6 Å². The van der Waals surface area contributed by atoms with E-state index >= 15 is 0 Å². The molecule has 0 aromatic heterocycles. The Bertz CT molecular complexity index is 1890. The van der Waals surface area contributed by atoms with E-state index in [1.54, 1.807) is 0 Å². The number of para-hydroxylation sites is 2. The van der Waals surface area contributed by atoms with Gasteiger partial charge in [-0.2, -0.15) is 0 Å². The van der Waals surface area contributed by atoms with Gasteiger partial charge in [0.15, 0.2) is 0 Å². The molecule has 2 nitrogen and oxygen atoms in total. The molecule has 8 heteroatoms. The number of halogens is 4. The third-order valence-electron chi connectivity index (χ3n) is 9.49. The van der Waals surface area contributed by atoms with Gasteiger partial charge in [0, 0.05) is 23.5 Å². The highest BCUT2D eigenvalue weighted by Crippen LogP contribution is 2.43. The van der Waals surface area contributed by atoms with E-state index in [1.807, 2.05) is 60.7 Å². The highest BCUT2D eigenvalue weighted by atomic mass is 31.1. The molecule has 256 valence electrons. The van der Waals surface area contributed by atoms with Gasteiger partial charge in [-0.1, -0.05) is 84.9 Å². The quantitative estimate of drug-likeness (QED) is 0.128. The van der Waals surface area contributed by atoms with Crippen LogP contribution in [0, 0.1) is 23.3 Å². The normalized spacial score (nSPS) is 16.9. The summed E-state index contributed by atoms with van der Waals surface area (Å²) in [4.78, 5) is 0. The van der Waals surface area contributed by atoms with Crippen LogP contribution < -0.4 is 41.3 Å². The number of ether oxygens (including phenoxy) is 2. The van der Waals surface area contributed by atoms with Crippen molar-refractivity contribution in [3.8, 4) is 11.5 Å². The number of hydrogen-bond donors (Lipinski definition) is 0. The smallest absolute Gasteiger partial charge is 0.131 e. The van der Waals surface area contributed by atoms with Gasteiger partial charge >= 0.3 is 0 Å². The van der Waals surface area contributed by atoms with E-state index in [9.17, 15) is 17.6 Å². The Hall–Kier alpha value is -4.50. The maximum absolute atomic E-state index is 14.1. The lowest BCUT2D eigenvalue weighted by Crippen LogP contribution is -2.30. The monoisotopic (exact) mass is 720 g/mol. The summed E-state index contributed by atoms with van der Waals surface area (Å²) in [7, 11) is -2.42. The largest absolute Gasteiger partial charge is 0.489 e. The van der Waals surface area contributed by atoms with Crippen LogP contribution >= 0.6 is 15.8 Å². The maximum Gasteiger partial charge on any atom is 0.131 e. The molecule has 2 bridgehead atoms. The summed E-state index contributed by atoms with van der Waals surface area (Å²) in [5, 5.41) is 5.76. The van der Waals surface area contributed by atoms with Gasteiger partial charge < -0.3 is 9.47 Å². The van der Waals surface area contributed by atoms with Crippen molar-refractivity contribution in [3.63, 3.8) is 0 Å². The zero-order chi connectivity index (χ0) is 34.9. The molecule has 6 aromatic rings. The number of hydrogen-bond acceptors (Lipinski definition) is 2. The first-order valence-electron chi connectivity index (χ1n) is 17.1. The highest BCUT2D eigenvalue weighted by molar-refractivity contribution is 7.80. The molecule has 6 aromatic carbocycles. The molecular weight excluding hydrogens is 686 g/mol. The Kier molecular flexibility index (Phi) is 9.64. The van der Waals surface area contributed by atoms with Crippen LogP contribution in [0.1, 0.15) is 30.4 Å². The average Bonchev–Trinajstić information content (AvgIpc) is 3.28. The molecule has 0 unspecified atom stereocenters. The zero-order valence-corrected chi connectivity index (χ0v) is 29.4. The SMILES string of the molecule is Fc1ccc(P(c2ccc(F)cc2)c2cccc3c2O[C@@H]2CCC[C@H](C3)Oc3c(cccc3P(c3ccc(F)cc3)c3ccc(F)cc3)C2)cc1.